The third kappa shape index (κ3) is 69.5. The van der Waals surface area contributed by atoms with Gasteiger partial charge in [-0.05, 0) is 70.6 Å². The molecule has 1 unspecified atom stereocenters. The van der Waals surface area contributed by atoms with Crippen LogP contribution in [0.1, 0.15) is 380 Å². The average molecular weight is 1160 g/mol. The van der Waals surface area contributed by atoms with Gasteiger partial charge in [-0.3, -0.25) is 14.4 Å². The fraction of sp³-hybridized carbons (Fsp3) is 0.805. The fourth-order valence-electron chi connectivity index (χ4n) is 10.8. The second-order valence-corrected chi connectivity index (χ2v) is 24.5. The van der Waals surface area contributed by atoms with E-state index in [1.165, 1.54) is 231 Å². The van der Waals surface area contributed by atoms with E-state index in [1.807, 2.05) is 0 Å². The standard InChI is InChI=1S/C77H138O6/c1-4-7-10-13-16-19-22-25-28-31-34-37-39-41-43-46-49-52-55-58-61-64-67-70-76(79)82-73-74(72-81-75(78)69-66-63-60-57-54-51-48-45-42-36-33-30-27-24-21-18-15-12-9-6-3)83-77(80)71-68-65-62-59-56-53-50-47-44-40-38-35-32-29-26-23-20-17-14-11-8-5-2/h7,10,16,19,25,28,34,37,41,43,49,52,74H,4-6,8-9,11-15,17-18,20-24,26-27,29-33,35-36,38-40,42,44-48,50-51,53-73H2,1-3H3/b10-7-,19-16-,28-25-,37-34-,43-41-,52-49-. The molecule has 0 N–H and O–H groups in total. The number of esters is 3. The quantitative estimate of drug-likeness (QED) is 0.0261. The highest BCUT2D eigenvalue weighted by Crippen LogP contribution is 2.19. The van der Waals surface area contributed by atoms with E-state index in [0.29, 0.717) is 19.3 Å². The van der Waals surface area contributed by atoms with Gasteiger partial charge >= 0.3 is 17.9 Å². The van der Waals surface area contributed by atoms with Gasteiger partial charge in [0.25, 0.3) is 0 Å². The number of hydrogen-bond donors (Lipinski definition) is 0. The van der Waals surface area contributed by atoms with Crippen LogP contribution in [0.4, 0.5) is 0 Å². The molecule has 0 fully saturated rings. The first-order chi connectivity index (χ1) is 41.0. The van der Waals surface area contributed by atoms with E-state index in [-0.39, 0.29) is 31.1 Å². The van der Waals surface area contributed by atoms with Crippen LogP contribution in [0.5, 0.6) is 0 Å². The Balaban J connectivity index is 4.38. The summed E-state index contributed by atoms with van der Waals surface area (Å²) in [6, 6.07) is 0. The molecule has 0 aromatic rings. The molecule has 0 saturated heterocycles. The summed E-state index contributed by atoms with van der Waals surface area (Å²) in [5, 5.41) is 0. The van der Waals surface area contributed by atoms with Gasteiger partial charge in [-0.15, -0.1) is 0 Å². The lowest BCUT2D eigenvalue weighted by atomic mass is 10.0. The molecule has 0 aromatic heterocycles. The van der Waals surface area contributed by atoms with Gasteiger partial charge in [-0.2, -0.15) is 0 Å². The second-order valence-electron chi connectivity index (χ2n) is 24.5. The summed E-state index contributed by atoms with van der Waals surface area (Å²) in [6.45, 7) is 6.58. The van der Waals surface area contributed by atoms with Gasteiger partial charge in [0, 0.05) is 19.3 Å². The molecule has 0 aliphatic carbocycles. The lowest BCUT2D eigenvalue weighted by molar-refractivity contribution is -0.167. The minimum absolute atomic E-state index is 0.0784. The Hall–Kier alpha value is -3.15. The fourth-order valence-corrected chi connectivity index (χ4v) is 10.8. The Bertz CT molecular complexity index is 1520. The van der Waals surface area contributed by atoms with Crippen LogP contribution in [-0.4, -0.2) is 37.2 Å². The zero-order valence-corrected chi connectivity index (χ0v) is 55.5. The van der Waals surface area contributed by atoms with Gasteiger partial charge < -0.3 is 14.2 Å². The SMILES string of the molecule is CC/C=C\C/C=C\C/C=C\C/C=C\C/C=C\C/C=C\CCCCCCC(=O)OCC(COC(=O)CCCCCCCCCCCCCCCCCCCCCC)OC(=O)CCCCCCCCCCCCCCCCCCCCCCCC. The number of rotatable bonds is 67. The first-order valence-electron chi connectivity index (χ1n) is 36.4. The lowest BCUT2D eigenvalue weighted by Crippen LogP contribution is -2.30. The summed E-state index contributed by atoms with van der Waals surface area (Å²) < 4.78 is 17.0. The molecule has 482 valence electrons. The molecule has 0 amide bonds. The van der Waals surface area contributed by atoms with E-state index < -0.39 is 6.10 Å². The Morgan fingerprint density at radius 2 is 0.470 bits per heavy atom. The van der Waals surface area contributed by atoms with Crippen molar-refractivity contribution in [2.24, 2.45) is 0 Å². The van der Waals surface area contributed by atoms with Crippen LogP contribution in [-0.2, 0) is 28.6 Å². The monoisotopic (exact) mass is 1160 g/mol. The maximum atomic E-state index is 13.0. The number of unbranched alkanes of at least 4 members (excludes halogenated alkanes) is 44. The minimum Gasteiger partial charge on any atom is -0.462 e. The Morgan fingerprint density at radius 3 is 0.735 bits per heavy atom. The Kier molecular flexibility index (Phi) is 68.6. The van der Waals surface area contributed by atoms with Gasteiger partial charge in [0.1, 0.15) is 13.2 Å². The largest absolute Gasteiger partial charge is 0.462 e. The van der Waals surface area contributed by atoms with E-state index in [2.05, 4.69) is 93.7 Å². The highest BCUT2D eigenvalue weighted by molar-refractivity contribution is 5.71. The summed E-state index contributed by atoms with van der Waals surface area (Å²) in [7, 11) is 0. The predicted molar refractivity (Wildman–Crippen MR) is 362 cm³/mol. The third-order valence-corrected chi connectivity index (χ3v) is 16.2. The van der Waals surface area contributed by atoms with Crippen molar-refractivity contribution in [1.82, 2.24) is 0 Å². The van der Waals surface area contributed by atoms with E-state index in [0.717, 1.165) is 109 Å². The van der Waals surface area contributed by atoms with Gasteiger partial charge in [0.15, 0.2) is 6.10 Å². The molecule has 0 rings (SSSR count). The molecule has 0 heterocycles. The molecule has 0 saturated carbocycles. The zero-order chi connectivity index (χ0) is 59.9. The molecular formula is C77H138O6. The number of hydrogen-bond acceptors (Lipinski definition) is 6. The van der Waals surface area contributed by atoms with Crippen LogP contribution >= 0.6 is 0 Å². The highest BCUT2D eigenvalue weighted by Gasteiger charge is 2.19. The summed E-state index contributed by atoms with van der Waals surface area (Å²) >= 11 is 0. The van der Waals surface area contributed by atoms with Crippen LogP contribution in [0.15, 0.2) is 72.9 Å². The van der Waals surface area contributed by atoms with Gasteiger partial charge in [0.2, 0.25) is 0 Å². The summed E-state index contributed by atoms with van der Waals surface area (Å²) in [6.07, 6.45) is 93.6. The van der Waals surface area contributed by atoms with Crippen LogP contribution in [0, 0.1) is 0 Å². The molecule has 6 nitrogen and oxygen atoms in total. The molecule has 0 aliphatic heterocycles. The first kappa shape index (κ1) is 79.8. The van der Waals surface area contributed by atoms with Crippen molar-refractivity contribution in [3.8, 4) is 0 Å². The molecule has 0 spiro atoms. The van der Waals surface area contributed by atoms with Gasteiger partial charge in [-0.1, -0.05) is 363 Å². The molecule has 6 heteroatoms. The van der Waals surface area contributed by atoms with E-state index in [1.54, 1.807) is 0 Å². The molecule has 83 heavy (non-hydrogen) atoms. The van der Waals surface area contributed by atoms with Crippen molar-refractivity contribution >= 4 is 17.9 Å². The molecule has 0 aliphatic rings. The molecule has 0 radical (unpaired) electrons. The zero-order valence-electron chi connectivity index (χ0n) is 55.5. The molecule has 1 atom stereocenters. The van der Waals surface area contributed by atoms with Gasteiger partial charge in [-0.25, -0.2) is 0 Å². The predicted octanol–water partition coefficient (Wildman–Crippen LogP) is 25.2. The lowest BCUT2D eigenvalue weighted by Gasteiger charge is -2.18. The number of carbonyl (C=O) groups excluding carboxylic acids is 3. The maximum absolute atomic E-state index is 13.0. The number of allylic oxidation sites excluding steroid dienone is 12. The van der Waals surface area contributed by atoms with E-state index in [9.17, 15) is 14.4 Å². The normalized spacial score (nSPS) is 12.5. The van der Waals surface area contributed by atoms with Gasteiger partial charge in [0.05, 0.1) is 0 Å². The first-order valence-corrected chi connectivity index (χ1v) is 36.4. The molecular weight excluding hydrogens is 1020 g/mol. The second kappa shape index (κ2) is 71.3. The average Bonchev–Trinajstić information content (AvgIpc) is 3.49. The Labute approximate surface area is 516 Å². The number of ether oxygens (including phenoxy) is 3. The summed E-state index contributed by atoms with van der Waals surface area (Å²) in [5.41, 5.74) is 0. The van der Waals surface area contributed by atoms with Crippen molar-refractivity contribution in [3.63, 3.8) is 0 Å². The molecule has 0 bridgehead atoms. The smallest absolute Gasteiger partial charge is 0.306 e. The van der Waals surface area contributed by atoms with Crippen molar-refractivity contribution < 1.29 is 28.6 Å². The van der Waals surface area contributed by atoms with Crippen LogP contribution < -0.4 is 0 Å². The maximum Gasteiger partial charge on any atom is 0.306 e. The Morgan fingerprint density at radius 1 is 0.253 bits per heavy atom. The van der Waals surface area contributed by atoms with Crippen LogP contribution in [0.3, 0.4) is 0 Å². The van der Waals surface area contributed by atoms with Crippen molar-refractivity contribution in [1.29, 1.82) is 0 Å². The minimum atomic E-state index is -0.786. The molecule has 0 aromatic carbocycles. The van der Waals surface area contributed by atoms with Crippen molar-refractivity contribution in [2.45, 2.75) is 386 Å². The summed E-state index contributed by atoms with van der Waals surface area (Å²) in [4.78, 5) is 38.5. The number of carbonyl (C=O) groups is 3. The highest BCUT2D eigenvalue weighted by atomic mass is 16.6. The third-order valence-electron chi connectivity index (χ3n) is 16.2. The van der Waals surface area contributed by atoms with E-state index in [4.69, 9.17) is 14.2 Å². The van der Waals surface area contributed by atoms with Crippen LogP contribution in [0.25, 0.3) is 0 Å². The van der Waals surface area contributed by atoms with Crippen LogP contribution in [0.2, 0.25) is 0 Å². The summed E-state index contributed by atoms with van der Waals surface area (Å²) in [5.74, 6) is -0.877. The van der Waals surface area contributed by atoms with Crippen molar-refractivity contribution in [3.05, 3.63) is 72.9 Å². The van der Waals surface area contributed by atoms with Crippen molar-refractivity contribution in [2.75, 3.05) is 13.2 Å². The van der Waals surface area contributed by atoms with E-state index >= 15 is 0 Å². The topological polar surface area (TPSA) is 78.9 Å².